The normalized spacial score (nSPS) is 16.8. The molecule has 0 saturated carbocycles. The molecule has 2 aromatic carbocycles. The summed E-state index contributed by atoms with van der Waals surface area (Å²) in [5, 5.41) is 13.2. The maximum atomic E-state index is 12.8. The van der Waals surface area contributed by atoms with Crippen LogP contribution in [0, 0.1) is 10.1 Å². The van der Waals surface area contributed by atoms with Crippen LogP contribution in [-0.4, -0.2) is 58.6 Å². The van der Waals surface area contributed by atoms with Crippen LogP contribution in [0.25, 0.3) is 0 Å². The molecule has 1 saturated heterocycles. The summed E-state index contributed by atoms with van der Waals surface area (Å²) in [6.07, 6.45) is -0.726. The van der Waals surface area contributed by atoms with Crippen LogP contribution >= 0.6 is 11.8 Å². The minimum absolute atomic E-state index is 0.0531. The summed E-state index contributed by atoms with van der Waals surface area (Å²) >= 11 is 1.16. The standard InChI is InChI=1S/C24H27N3O8S/c1-16(28)36-22-11-20(12-25-23(29)34-14-17-3-7-19(8-4-17)27(31)32)26(13-22)24(30)35-15-18-5-9-21(33-2)10-6-18/h3-10,20,22H,11-15H2,1-2H3,(H,25,29)/t20-,22-/m0/s1. The Morgan fingerprint density at radius 3 is 2.25 bits per heavy atom. The van der Waals surface area contributed by atoms with Gasteiger partial charge in [-0.25, -0.2) is 9.59 Å². The second kappa shape index (κ2) is 12.8. The van der Waals surface area contributed by atoms with Gasteiger partial charge in [0.1, 0.15) is 19.0 Å². The molecule has 192 valence electrons. The fourth-order valence-corrected chi connectivity index (χ4v) is 4.70. The van der Waals surface area contributed by atoms with E-state index in [2.05, 4.69) is 5.32 Å². The van der Waals surface area contributed by atoms with Crippen molar-refractivity contribution in [1.82, 2.24) is 10.2 Å². The molecule has 1 N–H and O–H groups in total. The molecule has 0 aromatic heterocycles. The van der Waals surface area contributed by atoms with Crippen LogP contribution in [0.2, 0.25) is 0 Å². The molecule has 2 aromatic rings. The van der Waals surface area contributed by atoms with Gasteiger partial charge in [-0.3, -0.25) is 14.9 Å². The lowest BCUT2D eigenvalue weighted by Gasteiger charge is -2.24. The Kier molecular flexibility index (Phi) is 9.51. The fraction of sp³-hybridized carbons (Fsp3) is 0.375. The second-order valence-corrected chi connectivity index (χ2v) is 9.53. The summed E-state index contributed by atoms with van der Waals surface area (Å²) in [6, 6.07) is 12.4. The summed E-state index contributed by atoms with van der Waals surface area (Å²) in [5.41, 5.74) is 1.34. The Morgan fingerprint density at radius 2 is 1.67 bits per heavy atom. The molecule has 0 spiro atoms. The van der Waals surface area contributed by atoms with Gasteiger partial charge < -0.3 is 24.4 Å². The molecule has 0 aliphatic carbocycles. The van der Waals surface area contributed by atoms with Gasteiger partial charge in [0, 0.05) is 37.4 Å². The van der Waals surface area contributed by atoms with Gasteiger partial charge in [0.2, 0.25) is 0 Å². The van der Waals surface area contributed by atoms with Gasteiger partial charge in [-0.2, -0.15) is 0 Å². The van der Waals surface area contributed by atoms with Gasteiger partial charge in [0.05, 0.1) is 18.1 Å². The number of methoxy groups -OCH3 is 1. The van der Waals surface area contributed by atoms with E-state index in [0.29, 0.717) is 24.3 Å². The van der Waals surface area contributed by atoms with Crippen molar-refractivity contribution in [3.8, 4) is 5.75 Å². The Hall–Kier alpha value is -3.80. The number of alkyl carbamates (subject to hydrolysis) is 1. The molecule has 1 heterocycles. The summed E-state index contributed by atoms with van der Waals surface area (Å²) < 4.78 is 15.8. The molecule has 1 fully saturated rings. The van der Waals surface area contributed by atoms with Crippen LogP contribution in [0.3, 0.4) is 0 Å². The van der Waals surface area contributed by atoms with Gasteiger partial charge in [-0.05, 0) is 41.8 Å². The summed E-state index contributed by atoms with van der Waals surface area (Å²) in [4.78, 5) is 48.3. The molecular formula is C24H27N3O8S. The van der Waals surface area contributed by atoms with Crippen LogP contribution in [0.1, 0.15) is 24.5 Å². The van der Waals surface area contributed by atoms with Crippen molar-refractivity contribution in [2.24, 2.45) is 0 Å². The molecule has 36 heavy (non-hydrogen) atoms. The third-order valence-corrected chi connectivity index (χ3v) is 6.47. The SMILES string of the molecule is COc1ccc(COC(=O)N2C[C@@H](SC(C)=O)C[C@H]2CNC(=O)OCc2ccc([N+](=O)[O-])cc2)cc1. The van der Waals surface area contributed by atoms with Gasteiger partial charge in [0.25, 0.3) is 5.69 Å². The quantitative estimate of drug-likeness (QED) is 0.388. The van der Waals surface area contributed by atoms with Crippen molar-refractivity contribution in [1.29, 1.82) is 0 Å². The van der Waals surface area contributed by atoms with E-state index in [-0.39, 0.29) is 41.9 Å². The number of non-ortho nitro benzene ring substituents is 1. The molecule has 11 nitrogen and oxygen atoms in total. The number of ether oxygens (including phenoxy) is 3. The van der Waals surface area contributed by atoms with Crippen molar-refractivity contribution < 1.29 is 33.5 Å². The van der Waals surface area contributed by atoms with Gasteiger partial charge in [-0.15, -0.1) is 0 Å². The molecule has 0 radical (unpaired) electrons. The number of nitrogens with one attached hydrogen (secondary N) is 1. The highest BCUT2D eigenvalue weighted by Crippen LogP contribution is 2.28. The average molecular weight is 518 g/mol. The summed E-state index contributed by atoms with van der Waals surface area (Å²) in [6.45, 7) is 1.91. The van der Waals surface area contributed by atoms with Gasteiger partial charge >= 0.3 is 12.2 Å². The highest BCUT2D eigenvalue weighted by Gasteiger charge is 2.37. The van der Waals surface area contributed by atoms with Crippen molar-refractivity contribution >= 4 is 34.8 Å². The van der Waals surface area contributed by atoms with E-state index < -0.39 is 17.1 Å². The van der Waals surface area contributed by atoms with Crippen molar-refractivity contribution in [3.05, 3.63) is 69.8 Å². The number of nitro benzene ring substituents is 1. The lowest BCUT2D eigenvalue weighted by Crippen LogP contribution is -2.43. The number of thioether (sulfide) groups is 1. The number of nitro groups is 1. The van der Waals surface area contributed by atoms with E-state index in [1.165, 1.54) is 36.1 Å². The van der Waals surface area contributed by atoms with Crippen LogP contribution in [0.5, 0.6) is 5.75 Å². The third-order valence-electron chi connectivity index (χ3n) is 5.46. The first kappa shape index (κ1) is 26.8. The van der Waals surface area contributed by atoms with E-state index in [9.17, 15) is 24.5 Å². The van der Waals surface area contributed by atoms with E-state index in [4.69, 9.17) is 14.2 Å². The van der Waals surface area contributed by atoms with Crippen LogP contribution in [-0.2, 0) is 27.5 Å². The van der Waals surface area contributed by atoms with Crippen LogP contribution in [0.4, 0.5) is 15.3 Å². The zero-order valence-corrected chi connectivity index (χ0v) is 20.7. The van der Waals surface area contributed by atoms with Crippen molar-refractivity contribution in [2.75, 3.05) is 20.2 Å². The first-order valence-corrected chi connectivity index (χ1v) is 12.0. The van der Waals surface area contributed by atoms with Crippen LogP contribution < -0.4 is 10.1 Å². The van der Waals surface area contributed by atoms with E-state index >= 15 is 0 Å². The molecule has 3 rings (SSSR count). The van der Waals surface area contributed by atoms with E-state index in [1.807, 2.05) is 0 Å². The average Bonchev–Trinajstić information content (AvgIpc) is 3.27. The van der Waals surface area contributed by atoms with E-state index in [1.54, 1.807) is 31.4 Å². The number of carbonyl (C=O) groups is 3. The Labute approximate surface area is 212 Å². The molecule has 1 aliphatic heterocycles. The molecule has 0 bridgehead atoms. The van der Waals surface area contributed by atoms with E-state index in [0.717, 1.165) is 17.3 Å². The number of hydrogen-bond acceptors (Lipinski definition) is 9. The molecule has 2 atom stereocenters. The number of hydrogen-bond donors (Lipinski definition) is 1. The topological polar surface area (TPSA) is 137 Å². The zero-order chi connectivity index (χ0) is 26.1. The maximum Gasteiger partial charge on any atom is 0.410 e. The zero-order valence-electron chi connectivity index (χ0n) is 19.9. The minimum Gasteiger partial charge on any atom is -0.497 e. The predicted octanol–water partition coefficient (Wildman–Crippen LogP) is 3.89. The number of benzene rings is 2. The fourth-order valence-electron chi connectivity index (χ4n) is 3.68. The smallest absolute Gasteiger partial charge is 0.410 e. The van der Waals surface area contributed by atoms with Gasteiger partial charge in [-0.1, -0.05) is 23.9 Å². The maximum absolute atomic E-state index is 12.8. The lowest BCUT2D eigenvalue weighted by molar-refractivity contribution is -0.384. The highest BCUT2D eigenvalue weighted by molar-refractivity contribution is 8.14. The number of amides is 2. The Morgan fingerprint density at radius 1 is 1.06 bits per heavy atom. The number of likely N-dealkylation sites (tertiary alicyclic amines) is 1. The number of rotatable bonds is 9. The largest absolute Gasteiger partial charge is 0.497 e. The van der Waals surface area contributed by atoms with Gasteiger partial charge in [0.15, 0.2) is 5.12 Å². The molecular weight excluding hydrogens is 490 g/mol. The molecule has 2 amide bonds. The monoisotopic (exact) mass is 517 g/mol. The molecule has 0 unspecified atom stereocenters. The third kappa shape index (κ3) is 7.87. The number of nitrogens with zero attached hydrogens (tertiary/aromatic N) is 2. The molecule has 1 aliphatic rings. The number of carbonyl (C=O) groups excluding carboxylic acids is 3. The molecule has 12 heteroatoms. The Bertz CT molecular complexity index is 1080. The first-order chi connectivity index (χ1) is 17.2. The first-order valence-electron chi connectivity index (χ1n) is 11.1. The minimum atomic E-state index is -0.692. The van der Waals surface area contributed by atoms with Crippen molar-refractivity contribution in [3.63, 3.8) is 0 Å². The summed E-state index contributed by atoms with van der Waals surface area (Å²) in [7, 11) is 1.57. The predicted molar refractivity (Wildman–Crippen MR) is 132 cm³/mol. The Balaban J connectivity index is 1.52. The lowest BCUT2D eigenvalue weighted by atomic mass is 10.2. The highest BCUT2D eigenvalue weighted by atomic mass is 32.2. The van der Waals surface area contributed by atoms with Crippen LogP contribution in [0.15, 0.2) is 48.5 Å². The summed E-state index contributed by atoms with van der Waals surface area (Å²) in [5.74, 6) is 0.695. The van der Waals surface area contributed by atoms with Crippen molar-refractivity contribution in [2.45, 2.75) is 37.9 Å². The second-order valence-electron chi connectivity index (χ2n) is 8.06.